The predicted octanol–water partition coefficient (Wildman–Crippen LogP) is 4.37. The lowest BCUT2D eigenvalue weighted by molar-refractivity contribution is -0.118. The molecule has 174 valence electrons. The molecular formula is C25H23FN4O3S. The number of nitrogens with zero attached hydrogens (tertiary/aromatic N) is 3. The summed E-state index contributed by atoms with van der Waals surface area (Å²) in [7, 11) is 1.58. The lowest BCUT2D eigenvalue weighted by Gasteiger charge is -2.12. The van der Waals surface area contributed by atoms with Crippen molar-refractivity contribution in [2.24, 2.45) is 0 Å². The summed E-state index contributed by atoms with van der Waals surface area (Å²) in [5.74, 6) is 1.18. The molecule has 4 rings (SSSR count). The van der Waals surface area contributed by atoms with Crippen LogP contribution in [0, 0.1) is 5.82 Å². The number of carbonyl (C=O) groups is 1. The molecule has 9 heteroatoms. The molecule has 0 saturated heterocycles. The lowest BCUT2D eigenvalue weighted by atomic mass is 10.2. The Morgan fingerprint density at radius 3 is 2.44 bits per heavy atom. The maximum Gasteiger partial charge on any atom is 0.230 e. The number of methoxy groups -OCH3 is 1. The molecule has 1 amide bonds. The first kappa shape index (κ1) is 23.3. The molecule has 0 radical (unpaired) electrons. The number of para-hydroxylation sites is 3. The van der Waals surface area contributed by atoms with Crippen LogP contribution in [0.2, 0.25) is 0 Å². The van der Waals surface area contributed by atoms with E-state index >= 15 is 0 Å². The summed E-state index contributed by atoms with van der Waals surface area (Å²) < 4.78 is 27.1. The topological polar surface area (TPSA) is 78.3 Å². The van der Waals surface area contributed by atoms with Gasteiger partial charge in [-0.05, 0) is 36.4 Å². The van der Waals surface area contributed by atoms with Gasteiger partial charge in [-0.15, -0.1) is 10.2 Å². The fourth-order valence-electron chi connectivity index (χ4n) is 3.26. The van der Waals surface area contributed by atoms with Gasteiger partial charge in [0.1, 0.15) is 12.4 Å². The first-order valence-corrected chi connectivity index (χ1v) is 11.6. The second kappa shape index (κ2) is 11.3. The van der Waals surface area contributed by atoms with Crippen molar-refractivity contribution >= 4 is 17.7 Å². The van der Waals surface area contributed by atoms with Gasteiger partial charge in [-0.3, -0.25) is 9.36 Å². The van der Waals surface area contributed by atoms with Crippen molar-refractivity contribution in [3.8, 4) is 28.6 Å². The van der Waals surface area contributed by atoms with Crippen molar-refractivity contribution in [3.63, 3.8) is 0 Å². The predicted molar refractivity (Wildman–Crippen MR) is 129 cm³/mol. The molecule has 34 heavy (non-hydrogen) atoms. The van der Waals surface area contributed by atoms with Gasteiger partial charge in [0.25, 0.3) is 0 Å². The highest BCUT2D eigenvalue weighted by Gasteiger charge is 2.19. The van der Waals surface area contributed by atoms with Crippen LogP contribution in [-0.2, 0) is 4.79 Å². The van der Waals surface area contributed by atoms with E-state index in [0.717, 1.165) is 5.69 Å². The second-order valence-corrected chi connectivity index (χ2v) is 8.04. The third-order valence-electron chi connectivity index (χ3n) is 4.85. The number of amides is 1. The van der Waals surface area contributed by atoms with Gasteiger partial charge in [0.15, 0.2) is 22.5 Å². The minimum Gasteiger partial charge on any atom is -0.493 e. The SMILES string of the molecule is COc1ccccc1OCCNC(=O)CSc1nnc(-c2ccccc2F)n1-c1ccccc1. The highest BCUT2D eigenvalue weighted by atomic mass is 32.2. The van der Waals surface area contributed by atoms with Gasteiger partial charge in [0, 0.05) is 5.69 Å². The van der Waals surface area contributed by atoms with Gasteiger partial charge in [0.2, 0.25) is 5.91 Å². The molecule has 0 spiro atoms. The molecule has 1 heterocycles. The first-order chi connectivity index (χ1) is 16.7. The molecule has 0 unspecified atom stereocenters. The monoisotopic (exact) mass is 478 g/mol. The molecule has 0 bridgehead atoms. The van der Waals surface area contributed by atoms with Gasteiger partial charge in [-0.25, -0.2) is 4.39 Å². The summed E-state index contributed by atoms with van der Waals surface area (Å²) in [6.45, 7) is 0.637. The van der Waals surface area contributed by atoms with E-state index in [1.807, 2.05) is 48.5 Å². The smallest absolute Gasteiger partial charge is 0.230 e. The molecule has 0 aliphatic rings. The standard InChI is InChI=1S/C25H23FN4O3S/c1-32-21-13-7-8-14-22(21)33-16-15-27-23(31)17-34-25-29-28-24(19-11-5-6-12-20(19)26)30(25)18-9-3-2-4-10-18/h2-14H,15-17H2,1H3,(H,27,31). The average Bonchev–Trinajstić information content (AvgIpc) is 3.30. The number of rotatable bonds is 10. The van der Waals surface area contributed by atoms with Crippen molar-refractivity contribution in [2.45, 2.75) is 5.16 Å². The molecule has 4 aromatic rings. The number of hydrogen-bond acceptors (Lipinski definition) is 6. The molecule has 1 N–H and O–H groups in total. The summed E-state index contributed by atoms with van der Waals surface area (Å²) >= 11 is 1.23. The van der Waals surface area contributed by atoms with Gasteiger partial charge in [-0.1, -0.05) is 54.2 Å². The second-order valence-electron chi connectivity index (χ2n) is 7.09. The molecule has 7 nitrogen and oxygen atoms in total. The zero-order valence-corrected chi connectivity index (χ0v) is 19.3. The number of nitrogens with one attached hydrogen (secondary N) is 1. The van der Waals surface area contributed by atoms with Crippen molar-refractivity contribution in [2.75, 3.05) is 26.0 Å². The average molecular weight is 479 g/mol. The van der Waals surface area contributed by atoms with E-state index in [1.54, 1.807) is 35.9 Å². The molecule has 0 aliphatic carbocycles. The number of halogens is 1. The first-order valence-electron chi connectivity index (χ1n) is 10.6. The van der Waals surface area contributed by atoms with E-state index in [0.29, 0.717) is 41.2 Å². The number of thioether (sulfide) groups is 1. The minimum absolute atomic E-state index is 0.122. The van der Waals surface area contributed by atoms with E-state index in [1.165, 1.54) is 17.8 Å². The van der Waals surface area contributed by atoms with Crippen molar-refractivity contribution in [1.29, 1.82) is 0 Å². The fraction of sp³-hybridized carbons (Fsp3) is 0.160. The van der Waals surface area contributed by atoms with Gasteiger partial charge < -0.3 is 14.8 Å². The Morgan fingerprint density at radius 1 is 0.971 bits per heavy atom. The Hall–Kier alpha value is -3.85. The lowest BCUT2D eigenvalue weighted by Crippen LogP contribution is -2.29. The van der Waals surface area contributed by atoms with E-state index < -0.39 is 5.82 Å². The van der Waals surface area contributed by atoms with Crippen molar-refractivity contribution < 1.29 is 18.7 Å². The maximum absolute atomic E-state index is 14.5. The molecule has 1 aromatic heterocycles. The third-order valence-corrected chi connectivity index (χ3v) is 5.77. The van der Waals surface area contributed by atoms with Crippen LogP contribution in [0.4, 0.5) is 4.39 Å². The summed E-state index contributed by atoms with van der Waals surface area (Å²) in [4.78, 5) is 12.4. The van der Waals surface area contributed by atoms with Gasteiger partial charge in [0.05, 0.1) is 25.0 Å². The summed E-state index contributed by atoms with van der Waals surface area (Å²) in [5, 5.41) is 11.8. The van der Waals surface area contributed by atoms with E-state index in [9.17, 15) is 9.18 Å². The van der Waals surface area contributed by atoms with Gasteiger partial charge >= 0.3 is 0 Å². The zero-order valence-electron chi connectivity index (χ0n) is 18.5. The Bertz CT molecular complexity index is 1250. The number of aromatic nitrogens is 3. The van der Waals surface area contributed by atoms with E-state index in [-0.39, 0.29) is 11.7 Å². The highest BCUT2D eigenvalue weighted by molar-refractivity contribution is 7.99. The van der Waals surface area contributed by atoms with Crippen LogP contribution in [0.3, 0.4) is 0 Å². The van der Waals surface area contributed by atoms with Crippen LogP contribution in [-0.4, -0.2) is 46.7 Å². The van der Waals surface area contributed by atoms with Crippen LogP contribution in [0.5, 0.6) is 11.5 Å². The molecule has 0 saturated carbocycles. The zero-order chi connectivity index (χ0) is 23.8. The van der Waals surface area contributed by atoms with E-state index in [4.69, 9.17) is 9.47 Å². The highest BCUT2D eigenvalue weighted by Crippen LogP contribution is 2.29. The fourth-order valence-corrected chi connectivity index (χ4v) is 4.04. The van der Waals surface area contributed by atoms with Crippen molar-refractivity contribution in [3.05, 3.63) is 84.7 Å². The van der Waals surface area contributed by atoms with E-state index in [2.05, 4.69) is 15.5 Å². The third kappa shape index (κ3) is 5.55. The number of benzene rings is 3. The van der Waals surface area contributed by atoms with Crippen molar-refractivity contribution in [1.82, 2.24) is 20.1 Å². The number of carbonyl (C=O) groups excluding carboxylic acids is 1. The van der Waals surface area contributed by atoms with Crippen LogP contribution < -0.4 is 14.8 Å². The molecule has 0 aliphatic heterocycles. The Balaban J connectivity index is 1.40. The summed E-state index contributed by atoms with van der Waals surface area (Å²) in [5.41, 5.74) is 1.11. The minimum atomic E-state index is -0.392. The molecule has 3 aromatic carbocycles. The van der Waals surface area contributed by atoms with Gasteiger partial charge in [-0.2, -0.15) is 0 Å². The molecule has 0 fully saturated rings. The molecule has 0 atom stereocenters. The van der Waals surface area contributed by atoms with Crippen LogP contribution in [0.15, 0.2) is 84.0 Å². The maximum atomic E-state index is 14.5. The van der Waals surface area contributed by atoms with Crippen LogP contribution in [0.25, 0.3) is 17.1 Å². The number of hydrogen-bond donors (Lipinski definition) is 1. The molecular weight excluding hydrogens is 455 g/mol. The largest absolute Gasteiger partial charge is 0.493 e. The Kier molecular flexibility index (Phi) is 7.77. The quantitative estimate of drug-likeness (QED) is 0.269. The summed E-state index contributed by atoms with van der Waals surface area (Å²) in [6, 6.07) is 23.1. The van der Waals surface area contributed by atoms with Crippen LogP contribution >= 0.6 is 11.8 Å². The Morgan fingerprint density at radius 2 is 1.68 bits per heavy atom. The normalized spacial score (nSPS) is 10.6. The van der Waals surface area contributed by atoms with Crippen LogP contribution in [0.1, 0.15) is 0 Å². The Labute approximate surface area is 200 Å². The number of ether oxygens (including phenoxy) is 2. The summed E-state index contributed by atoms with van der Waals surface area (Å²) in [6.07, 6.45) is 0.